The summed E-state index contributed by atoms with van der Waals surface area (Å²) in [5.74, 6) is -1.59. The summed E-state index contributed by atoms with van der Waals surface area (Å²) in [5.41, 5.74) is 2.81. The first-order valence-corrected chi connectivity index (χ1v) is 10.8. The van der Waals surface area contributed by atoms with Crippen LogP contribution in [-0.2, 0) is 17.8 Å². The molecule has 0 radical (unpaired) electrons. The van der Waals surface area contributed by atoms with Crippen LogP contribution in [0.5, 0.6) is 0 Å². The average Bonchev–Trinajstić information content (AvgIpc) is 3.25. The molecule has 2 unspecified atom stereocenters. The molecular weight excluding hydrogens is 429 g/mol. The van der Waals surface area contributed by atoms with Gasteiger partial charge in [0.15, 0.2) is 0 Å². The summed E-state index contributed by atoms with van der Waals surface area (Å²) < 4.78 is 40.9. The minimum Gasteiger partial charge on any atom is -0.391 e. The van der Waals surface area contributed by atoms with E-state index in [1.165, 1.54) is 24.3 Å². The standard InChI is InChI=1S/C26H25F3N2O2/c27-21-9-6-19(7-10-21)26-14-24(33-30-26)17-31(15-20-8-11-22(28)13-25(20)29)16-23(32)12-18-4-2-1-3-5-18/h1-11,13,23-24,32H,12,14-17H2. The molecule has 0 aromatic heterocycles. The fourth-order valence-corrected chi connectivity index (χ4v) is 3.97. The second-order valence-electron chi connectivity index (χ2n) is 8.25. The van der Waals surface area contributed by atoms with Crippen LogP contribution in [0.1, 0.15) is 23.1 Å². The molecule has 0 saturated carbocycles. The zero-order valence-corrected chi connectivity index (χ0v) is 18.0. The van der Waals surface area contributed by atoms with Gasteiger partial charge in [-0.25, -0.2) is 13.2 Å². The average molecular weight is 454 g/mol. The summed E-state index contributed by atoms with van der Waals surface area (Å²) in [4.78, 5) is 7.47. The van der Waals surface area contributed by atoms with Crippen LogP contribution < -0.4 is 0 Å². The first-order valence-electron chi connectivity index (χ1n) is 10.8. The van der Waals surface area contributed by atoms with E-state index < -0.39 is 17.7 Å². The number of benzene rings is 3. The van der Waals surface area contributed by atoms with E-state index in [2.05, 4.69) is 5.16 Å². The minimum absolute atomic E-state index is 0.184. The second-order valence-corrected chi connectivity index (χ2v) is 8.25. The lowest BCUT2D eigenvalue weighted by Gasteiger charge is -2.27. The monoisotopic (exact) mass is 454 g/mol. The quantitative estimate of drug-likeness (QED) is 0.510. The van der Waals surface area contributed by atoms with E-state index in [1.807, 2.05) is 35.2 Å². The van der Waals surface area contributed by atoms with Gasteiger partial charge in [-0.05, 0) is 35.7 Å². The highest BCUT2D eigenvalue weighted by Crippen LogP contribution is 2.20. The van der Waals surface area contributed by atoms with E-state index in [1.54, 1.807) is 12.1 Å². The van der Waals surface area contributed by atoms with Gasteiger partial charge < -0.3 is 9.94 Å². The third-order valence-electron chi connectivity index (χ3n) is 5.56. The number of rotatable bonds is 9. The van der Waals surface area contributed by atoms with Crippen molar-refractivity contribution in [3.8, 4) is 0 Å². The Morgan fingerprint density at radius 2 is 1.70 bits per heavy atom. The van der Waals surface area contributed by atoms with Gasteiger partial charge in [0.05, 0.1) is 11.8 Å². The molecule has 0 saturated heterocycles. The molecule has 1 aliphatic heterocycles. The maximum Gasteiger partial charge on any atom is 0.145 e. The maximum absolute atomic E-state index is 14.3. The van der Waals surface area contributed by atoms with Gasteiger partial charge in [-0.1, -0.05) is 53.7 Å². The lowest BCUT2D eigenvalue weighted by molar-refractivity contribution is 0.0319. The van der Waals surface area contributed by atoms with Crippen molar-refractivity contribution in [3.05, 3.63) is 107 Å². The van der Waals surface area contributed by atoms with Crippen molar-refractivity contribution in [1.29, 1.82) is 0 Å². The number of aliphatic hydroxyl groups is 1. The Kier molecular flexibility index (Phi) is 7.42. The smallest absolute Gasteiger partial charge is 0.145 e. The highest BCUT2D eigenvalue weighted by Gasteiger charge is 2.26. The molecule has 1 heterocycles. The van der Waals surface area contributed by atoms with E-state index >= 15 is 0 Å². The van der Waals surface area contributed by atoms with Gasteiger partial charge >= 0.3 is 0 Å². The van der Waals surface area contributed by atoms with Gasteiger partial charge in [-0.15, -0.1) is 0 Å². The Balaban J connectivity index is 1.43. The van der Waals surface area contributed by atoms with Gasteiger partial charge in [-0.2, -0.15) is 0 Å². The Morgan fingerprint density at radius 3 is 2.42 bits per heavy atom. The van der Waals surface area contributed by atoms with Crippen LogP contribution >= 0.6 is 0 Å². The fraction of sp³-hybridized carbons (Fsp3) is 0.269. The Labute approximate surface area is 190 Å². The molecule has 1 N–H and O–H groups in total. The topological polar surface area (TPSA) is 45.1 Å². The summed E-state index contributed by atoms with van der Waals surface area (Å²) in [6, 6.07) is 19.1. The first kappa shape index (κ1) is 23.0. The van der Waals surface area contributed by atoms with Gasteiger partial charge in [0, 0.05) is 37.7 Å². The van der Waals surface area contributed by atoms with Crippen molar-refractivity contribution in [2.45, 2.75) is 31.6 Å². The number of nitrogens with zero attached hydrogens (tertiary/aromatic N) is 2. The molecule has 7 heteroatoms. The number of aliphatic hydroxyl groups excluding tert-OH is 1. The Hall–Kier alpha value is -3.16. The summed E-state index contributed by atoms with van der Waals surface area (Å²) in [6.45, 7) is 0.845. The molecule has 33 heavy (non-hydrogen) atoms. The van der Waals surface area contributed by atoms with E-state index in [9.17, 15) is 18.3 Å². The molecule has 172 valence electrons. The lowest BCUT2D eigenvalue weighted by atomic mass is 10.0. The third-order valence-corrected chi connectivity index (χ3v) is 5.56. The number of hydrogen-bond donors (Lipinski definition) is 1. The SMILES string of the molecule is OC(Cc1ccccc1)CN(Cc1ccc(F)cc1F)CC1CC(c2ccc(F)cc2)=NO1. The Bertz CT molecular complexity index is 1090. The molecule has 0 fully saturated rings. The molecule has 2 atom stereocenters. The van der Waals surface area contributed by atoms with Crippen molar-refractivity contribution < 1.29 is 23.1 Å². The van der Waals surface area contributed by atoms with Gasteiger partial charge in [-0.3, -0.25) is 4.90 Å². The first-order chi connectivity index (χ1) is 16.0. The molecule has 3 aromatic rings. The van der Waals surface area contributed by atoms with Crippen LogP contribution in [0.4, 0.5) is 13.2 Å². The zero-order valence-electron chi connectivity index (χ0n) is 18.0. The summed E-state index contributed by atoms with van der Waals surface area (Å²) in [5, 5.41) is 14.8. The van der Waals surface area contributed by atoms with Crippen molar-refractivity contribution >= 4 is 5.71 Å². The predicted molar refractivity (Wildman–Crippen MR) is 120 cm³/mol. The van der Waals surface area contributed by atoms with Crippen LogP contribution in [0.2, 0.25) is 0 Å². The van der Waals surface area contributed by atoms with Crippen molar-refractivity contribution in [2.75, 3.05) is 13.1 Å². The summed E-state index contributed by atoms with van der Waals surface area (Å²) in [7, 11) is 0. The zero-order chi connectivity index (χ0) is 23.2. The van der Waals surface area contributed by atoms with Crippen molar-refractivity contribution in [3.63, 3.8) is 0 Å². The second kappa shape index (κ2) is 10.6. The molecule has 4 rings (SSSR count). The normalized spacial score (nSPS) is 16.5. The molecule has 4 nitrogen and oxygen atoms in total. The van der Waals surface area contributed by atoms with Gasteiger partial charge in [0.1, 0.15) is 23.6 Å². The van der Waals surface area contributed by atoms with Crippen LogP contribution in [0.15, 0.2) is 78.0 Å². The van der Waals surface area contributed by atoms with Gasteiger partial charge in [0.2, 0.25) is 0 Å². The molecule has 0 aliphatic carbocycles. The molecule has 3 aromatic carbocycles. The van der Waals surface area contributed by atoms with Crippen molar-refractivity contribution in [2.24, 2.45) is 5.16 Å². The van der Waals surface area contributed by atoms with Crippen LogP contribution in [0.3, 0.4) is 0 Å². The predicted octanol–water partition coefficient (Wildman–Crippen LogP) is 4.70. The van der Waals surface area contributed by atoms with Gasteiger partial charge in [0.25, 0.3) is 0 Å². The van der Waals surface area contributed by atoms with Crippen LogP contribution in [0.25, 0.3) is 0 Å². The fourth-order valence-electron chi connectivity index (χ4n) is 3.97. The Morgan fingerprint density at radius 1 is 0.970 bits per heavy atom. The van der Waals surface area contributed by atoms with E-state index in [0.717, 1.165) is 17.2 Å². The highest BCUT2D eigenvalue weighted by molar-refractivity contribution is 6.01. The largest absolute Gasteiger partial charge is 0.391 e. The highest BCUT2D eigenvalue weighted by atomic mass is 19.1. The maximum atomic E-state index is 14.3. The minimum atomic E-state index is -0.685. The molecular formula is C26H25F3N2O2. The van der Waals surface area contributed by atoms with E-state index in [-0.39, 0.29) is 25.0 Å². The number of hydrogen-bond acceptors (Lipinski definition) is 4. The number of halogens is 3. The van der Waals surface area contributed by atoms with Crippen LogP contribution in [0, 0.1) is 17.5 Å². The third kappa shape index (κ3) is 6.43. The van der Waals surface area contributed by atoms with Crippen molar-refractivity contribution in [1.82, 2.24) is 4.90 Å². The summed E-state index contributed by atoms with van der Waals surface area (Å²) in [6.07, 6.45) is -0.0400. The molecule has 0 bridgehead atoms. The molecule has 1 aliphatic rings. The lowest BCUT2D eigenvalue weighted by Crippen LogP contribution is -2.38. The molecule has 0 amide bonds. The van der Waals surface area contributed by atoms with E-state index in [4.69, 9.17) is 4.84 Å². The van der Waals surface area contributed by atoms with E-state index in [0.29, 0.717) is 30.7 Å². The summed E-state index contributed by atoms with van der Waals surface area (Å²) >= 11 is 0. The number of oxime groups is 1. The van der Waals surface area contributed by atoms with Crippen LogP contribution in [-0.4, -0.2) is 41.0 Å². The molecule has 0 spiro atoms.